The first-order valence-electron chi connectivity index (χ1n) is 8.27. The molecule has 0 aromatic heterocycles. The molecule has 3 aromatic rings. The molecule has 0 amide bonds. The Balaban J connectivity index is 0.00000182. The summed E-state index contributed by atoms with van der Waals surface area (Å²) < 4.78 is 6.36. The van der Waals surface area contributed by atoms with Crippen LogP contribution in [0.15, 0.2) is 72.8 Å². The van der Waals surface area contributed by atoms with E-state index in [-0.39, 0.29) is 20.3 Å². The van der Waals surface area contributed by atoms with Gasteiger partial charge < -0.3 is 5.95 Å². The van der Waals surface area contributed by atoms with Gasteiger partial charge in [0.15, 0.2) is 6.29 Å². The molecule has 0 aliphatic rings. The molecule has 0 saturated heterocycles. The number of hydrogen-bond acceptors (Lipinski definition) is 2. The molecule has 0 N–H and O–H groups in total. The van der Waals surface area contributed by atoms with Gasteiger partial charge in [-0.25, -0.2) is 0 Å². The van der Waals surface area contributed by atoms with Crippen molar-refractivity contribution in [1.82, 2.24) is 0 Å². The monoisotopic (exact) mass is 356 g/mol. The van der Waals surface area contributed by atoms with Crippen LogP contribution in [0.2, 0.25) is 0 Å². The summed E-state index contributed by atoms with van der Waals surface area (Å²) in [6.45, 7) is 4.53. The van der Waals surface area contributed by atoms with E-state index in [2.05, 4.69) is 36.4 Å². The topological polar surface area (TPSA) is 26.3 Å². The Morgan fingerprint density at radius 3 is 1.96 bits per heavy atom. The van der Waals surface area contributed by atoms with Crippen LogP contribution < -0.4 is 29.5 Å². The fraction of sp³-hybridized carbons (Fsp3) is 0.136. The van der Waals surface area contributed by atoms with E-state index in [0.29, 0.717) is 6.61 Å². The summed E-state index contributed by atoms with van der Waals surface area (Å²) in [7, 11) is -0.940. The van der Waals surface area contributed by atoms with Gasteiger partial charge in [-0.3, -0.25) is 4.79 Å². The van der Waals surface area contributed by atoms with Crippen molar-refractivity contribution in [1.29, 1.82) is 0 Å². The molecule has 0 bridgehead atoms. The van der Waals surface area contributed by atoms with Gasteiger partial charge in [0, 0.05) is 16.2 Å². The summed E-state index contributed by atoms with van der Waals surface area (Å²) in [5.41, 5.74) is 3.92. The van der Waals surface area contributed by atoms with E-state index in [9.17, 15) is 4.79 Å². The third kappa shape index (κ3) is 4.94. The van der Waals surface area contributed by atoms with Gasteiger partial charge in [0.05, 0.1) is 14.8 Å². The number of carbonyl (C=O) groups excluding carboxylic acids is 1. The first-order valence-corrected chi connectivity index (χ1v) is 9.53. The minimum absolute atomic E-state index is 0. The van der Waals surface area contributed by atoms with Crippen LogP contribution in [-0.2, 0) is 11.1 Å². The van der Waals surface area contributed by atoms with Gasteiger partial charge >= 0.3 is 18.9 Å². The summed E-state index contributed by atoms with van der Waals surface area (Å²) in [4.78, 5) is 11.3. The Labute approximate surface area is 170 Å². The number of carbonyl (C=O) groups is 1. The number of benzene rings is 3. The first-order chi connectivity index (χ1) is 12.2. The normalized spacial score (nSPS) is 11.5. The van der Waals surface area contributed by atoms with Crippen LogP contribution in [0.25, 0.3) is 0 Å². The van der Waals surface area contributed by atoms with Gasteiger partial charge in [-0.2, -0.15) is 0 Å². The number of aryl methyl sites for hydroxylation is 2. The van der Waals surface area contributed by atoms with E-state index in [4.69, 9.17) is 4.52 Å². The summed E-state index contributed by atoms with van der Waals surface area (Å²) >= 11 is 0. The van der Waals surface area contributed by atoms with Crippen molar-refractivity contribution in [2.24, 2.45) is 0 Å². The van der Waals surface area contributed by atoms with Crippen LogP contribution in [0.5, 0.6) is 0 Å². The van der Waals surface area contributed by atoms with E-state index >= 15 is 0 Å². The van der Waals surface area contributed by atoms with Gasteiger partial charge in [-0.1, -0.05) is 60.7 Å². The van der Waals surface area contributed by atoms with Crippen LogP contribution >= 0.6 is 8.15 Å². The molecular formula is C22H22LiO2P. The van der Waals surface area contributed by atoms with Crippen molar-refractivity contribution in [2.75, 3.05) is 0 Å². The minimum atomic E-state index is -0.940. The second kappa shape index (κ2) is 9.86. The van der Waals surface area contributed by atoms with Crippen LogP contribution in [0, 0.1) is 13.8 Å². The summed E-state index contributed by atoms with van der Waals surface area (Å²) in [5.74, 6) is 0. The number of rotatable bonds is 6. The second-order valence-corrected chi connectivity index (χ2v) is 7.88. The van der Waals surface area contributed by atoms with Crippen molar-refractivity contribution in [3.8, 4) is 0 Å². The standard InChI is InChI=1S/C22H21O2P.Li.H/c1-17-13-21(14-18(2)22(17)15-23)25(20-11-7-4-8-12-20)24-16-19-9-5-3-6-10-19;;/h3-15H,16H2,1-2H3;;/q;+1;-1. The number of hydrogen-bond donors (Lipinski definition) is 0. The molecule has 1 unspecified atom stereocenters. The summed E-state index contributed by atoms with van der Waals surface area (Å²) in [6.07, 6.45) is 0.935. The second-order valence-electron chi connectivity index (χ2n) is 6.00. The van der Waals surface area contributed by atoms with Crippen LogP contribution in [-0.4, -0.2) is 6.29 Å². The van der Waals surface area contributed by atoms with Gasteiger partial charge in [-0.05, 0) is 42.7 Å². The Hall–Kier alpha value is -1.68. The Morgan fingerprint density at radius 1 is 0.885 bits per heavy atom. The van der Waals surface area contributed by atoms with E-state index in [1.807, 2.05) is 50.2 Å². The maximum atomic E-state index is 11.3. The fourth-order valence-corrected chi connectivity index (χ4v) is 4.77. The zero-order valence-corrected chi connectivity index (χ0v) is 16.4. The average Bonchev–Trinajstić information content (AvgIpc) is 2.63. The molecule has 2 nitrogen and oxygen atoms in total. The van der Waals surface area contributed by atoms with Gasteiger partial charge in [0.25, 0.3) is 0 Å². The SMILES string of the molecule is Cc1cc(P(OCc2ccccc2)c2ccccc2)cc(C)c1C=O.[H-].[Li+]. The maximum absolute atomic E-state index is 11.3. The Bertz CT molecular complexity index is 834. The Kier molecular flexibility index (Phi) is 7.82. The molecular weight excluding hydrogens is 334 g/mol. The fourth-order valence-electron chi connectivity index (χ4n) is 2.83. The van der Waals surface area contributed by atoms with E-state index in [1.54, 1.807) is 0 Å². The Morgan fingerprint density at radius 2 is 1.42 bits per heavy atom. The molecule has 1 atom stereocenters. The molecule has 26 heavy (non-hydrogen) atoms. The van der Waals surface area contributed by atoms with Gasteiger partial charge in [0.2, 0.25) is 0 Å². The third-order valence-electron chi connectivity index (χ3n) is 4.12. The zero-order valence-electron chi connectivity index (χ0n) is 16.5. The summed E-state index contributed by atoms with van der Waals surface area (Å²) in [6, 6.07) is 24.7. The van der Waals surface area contributed by atoms with Crippen LogP contribution in [0.3, 0.4) is 0 Å². The molecule has 0 radical (unpaired) electrons. The first kappa shape index (κ1) is 20.6. The van der Waals surface area contributed by atoms with Crippen molar-refractivity contribution < 1.29 is 29.6 Å². The van der Waals surface area contributed by atoms with Crippen LogP contribution in [0.4, 0.5) is 0 Å². The zero-order chi connectivity index (χ0) is 17.6. The molecule has 4 heteroatoms. The molecule has 3 rings (SSSR count). The average molecular weight is 356 g/mol. The predicted molar refractivity (Wildman–Crippen MR) is 106 cm³/mol. The third-order valence-corrected chi connectivity index (χ3v) is 6.01. The van der Waals surface area contributed by atoms with E-state index in [0.717, 1.165) is 33.8 Å². The van der Waals surface area contributed by atoms with Crippen LogP contribution in [0.1, 0.15) is 28.5 Å². The summed E-state index contributed by atoms with van der Waals surface area (Å²) in [5, 5.41) is 2.31. The molecule has 128 valence electrons. The maximum Gasteiger partial charge on any atom is 1.00 e. The van der Waals surface area contributed by atoms with Crippen molar-refractivity contribution >= 4 is 25.0 Å². The molecule has 0 fully saturated rings. The molecule has 0 aliphatic heterocycles. The quantitative estimate of drug-likeness (QED) is 0.383. The molecule has 0 aliphatic carbocycles. The van der Waals surface area contributed by atoms with Crippen molar-refractivity contribution in [3.63, 3.8) is 0 Å². The number of aldehydes is 1. The molecule has 3 aromatic carbocycles. The van der Waals surface area contributed by atoms with Crippen molar-refractivity contribution in [3.05, 3.63) is 95.1 Å². The van der Waals surface area contributed by atoms with Gasteiger partial charge in [0.1, 0.15) is 0 Å². The molecule has 0 heterocycles. The predicted octanol–water partition coefficient (Wildman–Crippen LogP) is 1.80. The smallest absolute Gasteiger partial charge is 1.00 e. The van der Waals surface area contributed by atoms with E-state index < -0.39 is 8.15 Å². The molecule has 0 saturated carbocycles. The largest absolute Gasteiger partial charge is 1.00 e. The minimum Gasteiger partial charge on any atom is -1.00 e. The van der Waals surface area contributed by atoms with E-state index in [1.165, 1.54) is 5.30 Å². The van der Waals surface area contributed by atoms with Crippen molar-refractivity contribution in [2.45, 2.75) is 20.5 Å². The molecule has 0 spiro atoms. The van der Waals surface area contributed by atoms with Gasteiger partial charge in [-0.15, -0.1) is 0 Å².